The van der Waals surface area contributed by atoms with Crippen molar-refractivity contribution in [2.75, 3.05) is 13.2 Å². The van der Waals surface area contributed by atoms with E-state index >= 15 is 0 Å². The highest BCUT2D eigenvalue weighted by atomic mass is 16.3. The van der Waals surface area contributed by atoms with Crippen LogP contribution >= 0.6 is 0 Å². The fourth-order valence-corrected chi connectivity index (χ4v) is 2.42. The molecular formula is C17H29NO. The number of benzene rings is 1. The maximum absolute atomic E-state index is 9.31. The standard InChI is InChI=1S/C17H29NO/c1-5-15(12-19)11-18-17(10-13(2)3)16-9-7-6-8-14(16)4/h6-9,13,15,17-19H,5,10-12H2,1-4H3. The third-order valence-electron chi connectivity index (χ3n) is 3.76. The third kappa shape index (κ3) is 5.33. The molecule has 0 aliphatic carbocycles. The molecule has 2 heteroatoms. The predicted molar refractivity (Wildman–Crippen MR) is 82.2 cm³/mol. The summed E-state index contributed by atoms with van der Waals surface area (Å²) in [7, 11) is 0. The Hall–Kier alpha value is -0.860. The SMILES string of the molecule is CCC(CO)CNC(CC(C)C)c1ccccc1C. The smallest absolute Gasteiger partial charge is 0.0471 e. The minimum absolute atomic E-state index is 0.270. The Labute approximate surface area is 118 Å². The van der Waals surface area contributed by atoms with Gasteiger partial charge in [0, 0.05) is 19.2 Å². The van der Waals surface area contributed by atoms with E-state index in [9.17, 15) is 5.11 Å². The van der Waals surface area contributed by atoms with Crippen LogP contribution in [0.1, 0.15) is 50.8 Å². The summed E-state index contributed by atoms with van der Waals surface area (Å²) in [6.07, 6.45) is 2.15. The van der Waals surface area contributed by atoms with Gasteiger partial charge in [-0.1, -0.05) is 45.0 Å². The molecule has 19 heavy (non-hydrogen) atoms. The number of aliphatic hydroxyl groups excluding tert-OH is 1. The van der Waals surface area contributed by atoms with E-state index < -0.39 is 0 Å². The van der Waals surface area contributed by atoms with Crippen molar-refractivity contribution in [1.82, 2.24) is 5.32 Å². The van der Waals surface area contributed by atoms with Crippen LogP contribution in [0.25, 0.3) is 0 Å². The zero-order valence-corrected chi connectivity index (χ0v) is 12.8. The van der Waals surface area contributed by atoms with Crippen LogP contribution < -0.4 is 5.32 Å². The van der Waals surface area contributed by atoms with E-state index in [4.69, 9.17) is 0 Å². The van der Waals surface area contributed by atoms with Crippen molar-refractivity contribution >= 4 is 0 Å². The molecule has 1 rings (SSSR count). The van der Waals surface area contributed by atoms with Gasteiger partial charge in [-0.2, -0.15) is 0 Å². The summed E-state index contributed by atoms with van der Waals surface area (Å²) in [5, 5.41) is 13.0. The molecule has 0 saturated carbocycles. The molecule has 2 N–H and O–H groups in total. The Morgan fingerprint density at radius 1 is 1.21 bits per heavy atom. The zero-order chi connectivity index (χ0) is 14.3. The zero-order valence-electron chi connectivity index (χ0n) is 12.8. The summed E-state index contributed by atoms with van der Waals surface area (Å²) >= 11 is 0. The Bertz CT molecular complexity index is 358. The summed E-state index contributed by atoms with van der Waals surface area (Å²) in [6, 6.07) is 8.99. The lowest BCUT2D eigenvalue weighted by atomic mass is 9.93. The molecule has 0 bridgehead atoms. The van der Waals surface area contributed by atoms with E-state index in [1.54, 1.807) is 0 Å². The highest BCUT2D eigenvalue weighted by Crippen LogP contribution is 2.24. The molecule has 0 aliphatic heterocycles. The molecule has 0 heterocycles. The summed E-state index contributed by atoms with van der Waals surface area (Å²) in [6.45, 7) is 9.98. The van der Waals surface area contributed by atoms with Gasteiger partial charge in [0.1, 0.15) is 0 Å². The van der Waals surface area contributed by atoms with Crippen LogP contribution in [-0.4, -0.2) is 18.3 Å². The lowest BCUT2D eigenvalue weighted by Crippen LogP contribution is -2.30. The Balaban J connectivity index is 2.75. The molecule has 0 radical (unpaired) electrons. The van der Waals surface area contributed by atoms with Crippen molar-refractivity contribution in [2.45, 2.75) is 46.6 Å². The van der Waals surface area contributed by atoms with E-state index in [1.807, 2.05) is 0 Å². The Morgan fingerprint density at radius 2 is 1.89 bits per heavy atom. The van der Waals surface area contributed by atoms with Gasteiger partial charge in [0.05, 0.1) is 0 Å². The molecule has 0 amide bonds. The summed E-state index contributed by atoms with van der Waals surface area (Å²) in [5.74, 6) is 1.02. The molecule has 0 aromatic heterocycles. The molecule has 0 aliphatic rings. The monoisotopic (exact) mass is 263 g/mol. The van der Waals surface area contributed by atoms with Gasteiger partial charge in [-0.15, -0.1) is 0 Å². The van der Waals surface area contributed by atoms with E-state index in [1.165, 1.54) is 11.1 Å². The van der Waals surface area contributed by atoms with Gasteiger partial charge in [-0.05, 0) is 42.7 Å². The number of nitrogens with one attached hydrogen (secondary N) is 1. The molecule has 2 unspecified atom stereocenters. The van der Waals surface area contributed by atoms with E-state index in [0.29, 0.717) is 17.9 Å². The molecule has 108 valence electrons. The number of aliphatic hydroxyl groups is 1. The second kappa shape index (κ2) is 8.34. The maximum atomic E-state index is 9.31. The molecule has 1 aromatic carbocycles. The highest BCUT2D eigenvalue weighted by molar-refractivity contribution is 5.28. The van der Waals surface area contributed by atoms with Crippen molar-refractivity contribution in [3.63, 3.8) is 0 Å². The van der Waals surface area contributed by atoms with Crippen LogP contribution in [0.15, 0.2) is 24.3 Å². The molecule has 0 spiro atoms. The maximum Gasteiger partial charge on any atom is 0.0471 e. The van der Waals surface area contributed by atoms with Gasteiger partial charge in [-0.25, -0.2) is 0 Å². The fraction of sp³-hybridized carbons (Fsp3) is 0.647. The van der Waals surface area contributed by atoms with Crippen molar-refractivity contribution in [2.24, 2.45) is 11.8 Å². The number of hydrogen-bond donors (Lipinski definition) is 2. The van der Waals surface area contributed by atoms with Crippen LogP contribution in [0, 0.1) is 18.8 Å². The first-order chi connectivity index (χ1) is 9.08. The van der Waals surface area contributed by atoms with E-state index in [0.717, 1.165) is 19.4 Å². The predicted octanol–water partition coefficient (Wildman–Crippen LogP) is 3.69. The van der Waals surface area contributed by atoms with Crippen LogP contribution in [-0.2, 0) is 0 Å². The molecule has 2 atom stereocenters. The summed E-state index contributed by atoms with van der Waals surface area (Å²) in [5.41, 5.74) is 2.74. The summed E-state index contributed by atoms with van der Waals surface area (Å²) < 4.78 is 0. The van der Waals surface area contributed by atoms with Crippen LogP contribution in [0.2, 0.25) is 0 Å². The third-order valence-corrected chi connectivity index (χ3v) is 3.76. The lowest BCUT2D eigenvalue weighted by molar-refractivity contribution is 0.213. The molecule has 1 aromatic rings. The van der Waals surface area contributed by atoms with Crippen molar-refractivity contribution < 1.29 is 5.11 Å². The van der Waals surface area contributed by atoms with Gasteiger partial charge >= 0.3 is 0 Å². The quantitative estimate of drug-likeness (QED) is 0.749. The Morgan fingerprint density at radius 3 is 2.42 bits per heavy atom. The largest absolute Gasteiger partial charge is 0.396 e. The van der Waals surface area contributed by atoms with Crippen LogP contribution in [0.3, 0.4) is 0 Å². The topological polar surface area (TPSA) is 32.3 Å². The van der Waals surface area contributed by atoms with E-state index in [-0.39, 0.29) is 6.61 Å². The second-order valence-corrected chi connectivity index (χ2v) is 5.90. The first-order valence-electron chi connectivity index (χ1n) is 7.48. The van der Waals surface area contributed by atoms with Gasteiger partial charge in [0.25, 0.3) is 0 Å². The van der Waals surface area contributed by atoms with Crippen LogP contribution in [0.4, 0.5) is 0 Å². The van der Waals surface area contributed by atoms with Gasteiger partial charge in [0.15, 0.2) is 0 Å². The minimum Gasteiger partial charge on any atom is -0.396 e. The van der Waals surface area contributed by atoms with Gasteiger partial charge in [0.2, 0.25) is 0 Å². The number of hydrogen-bond acceptors (Lipinski definition) is 2. The fourth-order valence-electron chi connectivity index (χ4n) is 2.42. The van der Waals surface area contributed by atoms with Gasteiger partial charge < -0.3 is 10.4 Å². The summed E-state index contributed by atoms with van der Waals surface area (Å²) in [4.78, 5) is 0. The lowest BCUT2D eigenvalue weighted by Gasteiger charge is -2.25. The molecular weight excluding hydrogens is 234 g/mol. The van der Waals surface area contributed by atoms with Crippen molar-refractivity contribution in [3.05, 3.63) is 35.4 Å². The van der Waals surface area contributed by atoms with E-state index in [2.05, 4.69) is 57.3 Å². The van der Waals surface area contributed by atoms with Gasteiger partial charge in [-0.3, -0.25) is 0 Å². The number of aryl methyl sites for hydroxylation is 1. The highest BCUT2D eigenvalue weighted by Gasteiger charge is 2.16. The molecule has 2 nitrogen and oxygen atoms in total. The Kier molecular flexibility index (Phi) is 7.11. The van der Waals surface area contributed by atoms with Crippen molar-refractivity contribution in [1.29, 1.82) is 0 Å². The average molecular weight is 263 g/mol. The average Bonchev–Trinajstić information content (AvgIpc) is 2.39. The minimum atomic E-state index is 0.270. The molecule has 0 saturated heterocycles. The normalized spacial score (nSPS) is 14.6. The second-order valence-electron chi connectivity index (χ2n) is 5.90. The number of rotatable bonds is 8. The first-order valence-corrected chi connectivity index (χ1v) is 7.48. The molecule has 0 fully saturated rings. The van der Waals surface area contributed by atoms with Crippen molar-refractivity contribution in [3.8, 4) is 0 Å². The first kappa shape index (κ1) is 16.2. The van der Waals surface area contributed by atoms with Crippen LogP contribution in [0.5, 0.6) is 0 Å².